The summed E-state index contributed by atoms with van der Waals surface area (Å²) in [5.74, 6) is -0.776. The number of hydrogen-bond acceptors (Lipinski definition) is 4. The molecule has 2 heterocycles. The van der Waals surface area contributed by atoms with Crippen LogP contribution < -0.4 is 5.32 Å². The van der Waals surface area contributed by atoms with Crippen LogP contribution in [0.3, 0.4) is 0 Å². The first-order valence-corrected chi connectivity index (χ1v) is 9.71. The van der Waals surface area contributed by atoms with Crippen molar-refractivity contribution in [3.63, 3.8) is 0 Å². The van der Waals surface area contributed by atoms with Crippen molar-refractivity contribution in [3.05, 3.63) is 82.0 Å². The molecule has 0 fully saturated rings. The average Bonchev–Trinajstić information content (AvgIpc) is 3.21. The molecule has 2 aromatic carbocycles. The van der Waals surface area contributed by atoms with Gasteiger partial charge in [-0.2, -0.15) is 5.26 Å². The molecule has 5 nitrogen and oxygen atoms in total. The molecule has 0 saturated heterocycles. The van der Waals surface area contributed by atoms with Gasteiger partial charge in [0.1, 0.15) is 11.9 Å². The second-order valence-corrected chi connectivity index (χ2v) is 8.06. The number of benzene rings is 2. The molecule has 0 radical (unpaired) electrons. The highest BCUT2D eigenvalue weighted by molar-refractivity contribution is 7.15. The molecule has 3 aromatic rings. The summed E-state index contributed by atoms with van der Waals surface area (Å²) < 4.78 is 13.7. The van der Waals surface area contributed by atoms with Gasteiger partial charge < -0.3 is 5.32 Å². The molecule has 1 aliphatic rings. The van der Waals surface area contributed by atoms with E-state index in [0.717, 1.165) is 20.9 Å². The zero-order valence-electron chi connectivity index (χ0n) is 15.8. The monoisotopic (exact) mass is 404 g/mol. The Hall–Kier alpha value is -3.50. The van der Waals surface area contributed by atoms with Gasteiger partial charge in [0.2, 0.25) is 0 Å². The summed E-state index contributed by atoms with van der Waals surface area (Å²) in [6.45, 7) is 1.94. The standard InChI is InChI=1S/C22H17FN4OS/c1-22(16-6-4-3-5-15(16)20(28)27(2)21(25)26-22)19-10-9-18(29-19)13-7-8-17(23)14(11-13)12-24/h3-11H,1-2H3,(H2,25,26). The molecule has 2 N–H and O–H groups in total. The Morgan fingerprint density at radius 2 is 1.97 bits per heavy atom. The van der Waals surface area contributed by atoms with Gasteiger partial charge in [-0.3, -0.25) is 15.1 Å². The summed E-state index contributed by atoms with van der Waals surface area (Å²) >= 11 is 1.47. The minimum Gasteiger partial charge on any atom is -0.342 e. The Morgan fingerprint density at radius 1 is 1.21 bits per heavy atom. The van der Waals surface area contributed by atoms with Crippen LogP contribution in [0.25, 0.3) is 10.4 Å². The molecule has 0 spiro atoms. The second kappa shape index (κ2) is 6.83. The fourth-order valence-electron chi connectivity index (χ4n) is 3.50. The Kier molecular flexibility index (Phi) is 4.44. The van der Waals surface area contributed by atoms with Crippen LogP contribution in [0.5, 0.6) is 0 Å². The highest BCUT2D eigenvalue weighted by atomic mass is 32.1. The summed E-state index contributed by atoms with van der Waals surface area (Å²) in [7, 11) is 1.57. The molecule has 1 aliphatic heterocycles. The Balaban J connectivity index is 1.85. The number of nitrogens with zero attached hydrogens (tertiary/aromatic N) is 2. The summed E-state index contributed by atoms with van der Waals surface area (Å²) in [6, 6.07) is 17.5. The maximum Gasteiger partial charge on any atom is 0.260 e. The molecule has 0 bridgehead atoms. The van der Waals surface area contributed by atoms with Gasteiger partial charge in [0.05, 0.1) is 11.1 Å². The van der Waals surface area contributed by atoms with Crippen molar-refractivity contribution in [2.45, 2.75) is 12.5 Å². The van der Waals surface area contributed by atoms with Crippen molar-refractivity contribution in [2.75, 3.05) is 7.05 Å². The third-order valence-corrected chi connectivity index (χ3v) is 6.53. The van der Waals surface area contributed by atoms with Gasteiger partial charge >= 0.3 is 0 Å². The van der Waals surface area contributed by atoms with E-state index < -0.39 is 11.4 Å². The van der Waals surface area contributed by atoms with E-state index in [2.05, 4.69) is 5.32 Å². The smallest absolute Gasteiger partial charge is 0.260 e. The number of carbonyl (C=O) groups excluding carboxylic acids is 1. The largest absolute Gasteiger partial charge is 0.342 e. The summed E-state index contributed by atoms with van der Waals surface area (Å²) in [6.07, 6.45) is 0. The van der Waals surface area contributed by atoms with Crippen molar-refractivity contribution in [2.24, 2.45) is 0 Å². The molecule has 1 unspecified atom stereocenters. The zero-order chi connectivity index (χ0) is 20.8. The van der Waals surface area contributed by atoms with Crippen LogP contribution in [-0.4, -0.2) is 23.8 Å². The lowest BCUT2D eigenvalue weighted by Gasteiger charge is -2.31. The van der Waals surface area contributed by atoms with E-state index >= 15 is 0 Å². The third kappa shape index (κ3) is 2.98. The van der Waals surface area contributed by atoms with E-state index in [0.29, 0.717) is 5.56 Å². The Morgan fingerprint density at radius 3 is 2.72 bits per heavy atom. The van der Waals surface area contributed by atoms with E-state index in [-0.39, 0.29) is 17.4 Å². The number of nitriles is 1. The summed E-state index contributed by atoms with van der Waals surface area (Å²) in [5, 5.41) is 20.6. The van der Waals surface area contributed by atoms with Gasteiger partial charge in [0.25, 0.3) is 5.91 Å². The predicted molar refractivity (Wildman–Crippen MR) is 110 cm³/mol. The quantitative estimate of drug-likeness (QED) is 0.668. The van der Waals surface area contributed by atoms with Crippen molar-refractivity contribution >= 4 is 23.2 Å². The van der Waals surface area contributed by atoms with E-state index in [4.69, 9.17) is 10.7 Å². The summed E-state index contributed by atoms with van der Waals surface area (Å²) in [4.78, 5) is 15.8. The van der Waals surface area contributed by atoms with Gasteiger partial charge in [0.15, 0.2) is 5.96 Å². The van der Waals surface area contributed by atoms with Crippen LogP contribution >= 0.6 is 11.3 Å². The lowest BCUT2D eigenvalue weighted by Crippen LogP contribution is -2.47. The Labute approximate surface area is 171 Å². The van der Waals surface area contributed by atoms with Crippen LogP contribution in [0.15, 0.2) is 54.6 Å². The first-order chi connectivity index (χ1) is 13.8. The average molecular weight is 404 g/mol. The number of carbonyl (C=O) groups is 1. The third-order valence-electron chi connectivity index (χ3n) is 5.17. The summed E-state index contributed by atoms with van der Waals surface area (Å²) in [5.41, 5.74) is 1.26. The molecule has 4 rings (SSSR count). The first kappa shape index (κ1) is 18.8. The molecule has 144 valence electrons. The lowest BCUT2D eigenvalue weighted by molar-refractivity contribution is 0.0869. The minimum absolute atomic E-state index is 0.00408. The molecule has 29 heavy (non-hydrogen) atoms. The Bertz CT molecular complexity index is 1200. The highest BCUT2D eigenvalue weighted by Crippen LogP contribution is 2.40. The topological polar surface area (TPSA) is 80.0 Å². The molecule has 0 aliphatic carbocycles. The van der Waals surface area contributed by atoms with E-state index in [1.807, 2.05) is 43.3 Å². The first-order valence-electron chi connectivity index (χ1n) is 8.90. The van der Waals surface area contributed by atoms with Gasteiger partial charge in [-0.15, -0.1) is 11.3 Å². The molecule has 1 aromatic heterocycles. The van der Waals surface area contributed by atoms with E-state index in [1.165, 1.54) is 28.4 Å². The molecular weight excluding hydrogens is 387 g/mol. The molecular formula is C22H17FN4OS. The fourth-order valence-corrected chi connectivity index (χ4v) is 4.62. The zero-order valence-corrected chi connectivity index (χ0v) is 16.6. The normalized spacial score (nSPS) is 18.6. The van der Waals surface area contributed by atoms with E-state index in [9.17, 15) is 9.18 Å². The number of rotatable bonds is 2. The number of halogens is 1. The van der Waals surface area contributed by atoms with Gasteiger partial charge in [-0.05, 0) is 48.4 Å². The number of hydrogen-bond donors (Lipinski definition) is 2. The van der Waals surface area contributed by atoms with Gasteiger partial charge in [-0.1, -0.05) is 24.3 Å². The number of nitrogens with one attached hydrogen (secondary N) is 2. The van der Waals surface area contributed by atoms with Crippen molar-refractivity contribution < 1.29 is 9.18 Å². The number of fused-ring (bicyclic) bond motifs is 1. The molecule has 0 saturated carbocycles. The number of thiophene rings is 1. The molecule has 7 heteroatoms. The molecule has 1 atom stereocenters. The molecule has 1 amide bonds. The maximum atomic E-state index is 13.7. The highest BCUT2D eigenvalue weighted by Gasteiger charge is 2.39. The van der Waals surface area contributed by atoms with Crippen molar-refractivity contribution in [3.8, 4) is 16.5 Å². The predicted octanol–water partition coefficient (Wildman–Crippen LogP) is 4.30. The maximum absolute atomic E-state index is 13.7. The number of amides is 1. The lowest BCUT2D eigenvalue weighted by atomic mass is 9.87. The van der Waals surface area contributed by atoms with Crippen LogP contribution in [0, 0.1) is 22.6 Å². The fraction of sp³-hybridized carbons (Fsp3) is 0.136. The van der Waals surface area contributed by atoms with Crippen LogP contribution in [0.2, 0.25) is 0 Å². The van der Waals surface area contributed by atoms with E-state index in [1.54, 1.807) is 19.2 Å². The number of guanidine groups is 1. The van der Waals surface area contributed by atoms with Gasteiger partial charge in [-0.25, -0.2) is 4.39 Å². The van der Waals surface area contributed by atoms with Crippen molar-refractivity contribution in [1.29, 1.82) is 10.7 Å². The van der Waals surface area contributed by atoms with Crippen LogP contribution in [0.4, 0.5) is 4.39 Å². The van der Waals surface area contributed by atoms with Crippen molar-refractivity contribution in [1.82, 2.24) is 10.2 Å². The second-order valence-electron chi connectivity index (χ2n) is 6.98. The minimum atomic E-state index is -0.797. The van der Waals surface area contributed by atoms with Crippen LogP contribution in [0.1, 0.15) is 33.3 Å². The van der Waals surface area contributed by atoms with Gasteiger partial charge in [0, 0.05) is 22.4 Å². The van der Waals surface area contributed by atoms with Crippen LogP contribution in [-0.2, 0) is 5.54 Å². The SMILES string of the molecule is CN1C(=N)NC(C)(c2ccc(-c3ccc(F)c(C#N)c3)s2)c2ccccc2C1=O.